The van der Waals surface area contributed by atoms with Crippen molar-refractivity contribution in [1.29, 1.82) is 0 Å². The van der Waals surface area contributed by atoms with Crippen molar-refractivity contribution in [3.8, 4) is 0 Å². The van der Waals surface area contributed by atoms with E-state index < -0.39 is 0 Å². The first-order valence-corrected chi connectivity index (χ1v) is 7.74. The molecule has 2 nitrogen and oxygen atoms in total. The van der Waals surface area contributed by atoms with Gasteiger partial charge in [0.15, 0.2) is 0 Å². The van der Waals surface area contributed by atoms with Gasteiger partial charge in [0.1, 0.15) is 0 Å². The zero-order valence-electron chi connectivity index (χ0n) is 12.5. The second kappa shape index (κ2) is 6.31. The average Bonchev–Trinajstić information content (AvgIpc) is 2.41. The number of amides is 1. The molecule has 0 spiro atoms. The second-order valence-corrected chi connectivity index (χ2v) is 6.70. The summed E-state index contributed by atoms with van der Waals surface area (Å²) >= 11 is 1.79. The Morgan fingerprint density at radius 1 is 1.30 bits per heavy atom. The molecular weight excluding hydrogens is 266 g/mol. The van der Waals surface area contributed by atoms with Gasteiger partial charge in [-0.25, -0.2) is 0 Å². The van der Waals surface area contributed by atoms with Crippen LogP contribution in [0.3, 0.4) is 0 Å². The van der Waals surface area contributed by atoms with Crippen LogP contribution in [0.2, 0.25) is 0 Å². The van der Waals surface area contributed by atoms with E-state index in [4.69, 9.17) is 0 Å². The van der Waals surface area contributed by atoms with Gasteiger partial charge in [-0.3, -0.25) is 4.79 Å². The van der Waals surface area contributed by atoms with Crippen LogP contribution < -0.4 is 5.32 Å². The van der Waals surface area contributed by atoms with Crippen LogP contribution in [0.5, 0.6) is 0 Å². The van der Waals surface area contributed by atoms with Crippen molar-refractivity contribution in [3.63, 3.8) is 0 Å². The van der Waals surface area contributed by atoms with Gasteiger partial charge in [0.05, 0.1) is 0 Å². The molecule has 1 N–H and O–H groups in total. The van der Waals surface area contributed by atoms with Crippen molar-refractivity contribution in [2.45, 2.75) is 40.2 Å². The summed E-state index contributed by atoms with van der Waals surface area (Å²) in [7, 11) is 0. The van der Waals surface area contributed by atoms with Crippen LogP contribution in [0.1, 0.15) is 50.0 Å². The fourth-order valence-electron chi connectivity index (χ4n) is 2.13. The standard InChI is InChI=1S/C17H21NOS/c1-11(2)18-17(19)15-7-5-6-14(10-15)16-12(3)8-9-13(4)20-16/h5-7,9-11H,8H2,1-4H3,(H,18,19). The summed E-state index contributed by atoms with van der Waals surface area (Å²) in [6, 6.07) is 8.05. The van der Waals surface area contributed by atoms with E-state index in [0.717, 1.165) is 17.5 Å². The molecule has 1 aromatic rings. The number of carbonyl (C=O) groups is 1. The summed E-state index contributed by atoms with van der Waals surface area (Å²) in [5.74, 6) is -0.00632. The van der Waals surface area contributed by atoms with Crippen molar-refractivity contribution in [2.24, 2.45) is 0 Å². The number of allylic oxidation sites excluding steroid dienone is 3. The second-order valence-electron chi connectivity index (χ2n) is 5.44. The van der Waals surface area contributed by atoms with Gasteiger partial charge < -0.3 is 5.32 Å². The Morgan fingerprint density at radius 3 is 2.75 bits per heavy atom. The largest absolute Gasteiger partial charge is 0.350 e. The summed E-state index contributed by atoms with van der Waals surface area (Å²) < 4.78 is 0. The fourth-order valence-corrected chi connectivity index (χ4v) is 3.12. The van der Waals surface area contributed by atoms with Crippen LogP contribution in [0.4, 0.5) is 0 Å². The van der Waals surface area contributed by atoms with Crippen LogP contribution >= 0.6 is 11.8 Å². The zero-order valence-corrected chi connectivity index (χ0v) is 13.3. The Labute approximate surface area is 125 Å². The Balaban J connectivity index is 2.28. The topological polar surface area (TPSA) is 29.1 Å². The number of nitrogens with one attached hydrogen (secondary N) is 1. The van der Waals surface area contributed by atoms with Gasteiger partial charge >= 0.3 is 0 Å². The third-order valence-corrected chi connectivity index (χ3v) is 4.43. The van der Waals surface area contributed by atoms with E-state index in [1.165, 1.54) is 15.4 Å². The summed E-state index contributed by atoms with van der Waals surface area (Å²) in [6.07, 6.45) is 3.25. The molecule has 0 unspecified atom stereocenters. The Morgan fingerprint density at radius 2 is 2.05 bits per heavy atom. The molecule has 20 heavy (non-hydrogen) atoms. The number of carbonyl (C=O) groups excluding carboxylic acids is 1. The third kappa shape index (κ3) is 3.54. The van der Waals surface area contributed by atoms with Crippen LogP contribution in [-0.2, 0) is 0 Å². The third-order valence-electron chi connectivity index (χ3n) is 3.15. The van der Waals surface area contributed by atoms with Gasteiger partial charge in [0.25, 0.3) is 5.91 Å². The molecule has 1 aliphatic rings. The van der Waals surface area contributed by atoms with E-state index >= 15 is 0 Å². The average molecular weight is 287 g/mol. The van der Waals surface area contributed by atoms with Gasteiger partial charge in [-0.05, 0) is 56.7 Å². The maximum atomic E-state index is 12.1. The predicted octanol–water partition coefficient (Wildman–Crippen LogP) is 4.60. The van der Waals surface area contributed by atoms with Crippen molar-refractivity contribution < 1.29 is 4.79 Å². The fraction of sp³-hybridized carbons (Fsp3) is 0.353. The van der Waals surface area contributed by atoms with Gasteiger partial charge in [-0.1, -0.05) is 35.5 Å². The highest BCUT2D eigenvalue weighted by atomic mass is 32.2. The Kier molecular flexibility index (Phi) is 4.71. The quantitative estimate of drug-likeness (QED) is 0.880. The highest BCUT2D eigenvalue weighted by Crippen LogP contribution is 2.40. The van der Waals surface area contributed by atoms with Crippen molar-refractivity contribution in [3.05, 3.63) is 51.9 Å². The van der Waals surface area contributed by atoms with Gasteiger partial charge in [-0.15, -0.1) is 0 Å². The molecule has 0 fully saturated rings. The number of thioether (sulfide) groups is 1. The van der Waals surface area contributed by atoms with E-state index in [-0.39, 0.29) is 11.9 Å². The molecule has 0 atom stereocenters. The molecule has 0 bridgehead atoms. The highest BCUT2D eigenvalue weighted by molar-refractivity contribution is 8.11. The van der Waals surface area contributed by atoms with Gasteiger partial charge in [0.2, 0.25) is 0 Å². The molecule has 1 aliphatic heterocycles. The molecule has 3 heteroatoms. The molecule has 1 heterocycles. The predicted molar refractivity (Wildman–Crippen MR) is 87.6 cm³/mol. The summed E-state index contributed by atoms with van der Waals surface area (Å²) in [4.78, 5) is 14.7. The van der Waals surface area contributed by atoms with E-state index in [9.17, 15) is 4.79 Å². The Hall–Kier alpha value is -1.48. The Bertz CT molecular complexity index is 584. The lowest BCUT2D eigenvalue weighted by Gasteiger charge is -2.17. The van der Waals surface area contributed by atoms with E-state index in [1.54, 1.807) is 11.8 Å². The summed E-state index contributed by atoms with van der Waals surface area (Å²) in [5, 5.41) is 2.94. The van der Waals surface area contributed by atoms with Crippen LogP contribution in [-0.4, -0.2) is 11.9 Å². The van der Waals surface area contributed by atoms with Crippen molar-refractivity contribution >= 4 is 22.6 Å². The number of rotatable bonds is 3. The molecule has 0 saturated carbocycles. The van der Waals surface area contributed by atoms with E-state index in [1.807, 2.05) is 32.0 Å². The van der Waals surface area contributed by atoms with Gasteiger partial charge in [-0.2, -0.15) is 0 Å². The molecule has 2 rings (SSSR count). The first-order chi connectivity index (χ1) is 9.47. The summed E-state index contributed by atoms with van der Waals surface area (Å²) in [6.45, 7) is 8.23. The minimum absolute atomic E-state index is 0.00632. The number of hydrogen-bond acceptors (Lipinski definition) is 2. The lowest BCUT2D eigenvalue weighted by molar-refractivity contribution is 0.0943. The molecular formula is C17H21NOS. The van der Waals surface area contributed by atoms with Crippen LogP contribution in [0, 0.1) is 0 Å². The molecule has 106 valence electrons. The molecule has 1 aromatic carbocycles. The SMILES string of the molecule is CC1=CCC(C)=C(c2cccc(C(=O)NC(C)C)c2)S1. The van der Waals surface area contributed by atoms with E-state index in [0.29, 0.717) is 0 Å². The van der Waals surface area contributed by atoms with Crippen LogP contribution in [0.15, 0.2) is 40.8 Å². The first kappa shape index (κ1) is 14.9. The highest BCUT2D eigenvalue weighted by Gasteiger charge is 2.14. The van der Waals surface area contributed by atoms with Gasteiger partial charge in [0, 0.05) is 16.5 Å². The molecule has 0 saturated heterocycles. The minimum Gasteiger partial charge on any atom is -0.350 e. The number of hydrogen-bond donors (Lipinski definition) is 1. The normalized spacial score (nSPS) is 15.3. The lowest BCUT2D eigenvalue weighted by Crippen LogP contribution is -2.30. The van der Waals surface area contributed by atoms with Crippen molar-refractivity contribution in [2.75, 3.05) is 0 Å². The lowest BCUT2D eigenvalue weighted by atomic mass is 10.1. The zero-order chi connectivity index (χ0) is 14.7. The molecule has 1 amide bonds. The van der Waals surface area contributed by atoms with Crippen LogP contribution in [0.25, 0.3) is 4.91 Å². The molecule has 0 radical (unpaired) electrons. The maximum absolute atomic E-state index is 12.1. The summed E-state index contributed by atoms with van der Waals surface area (Å²) in [5.41, 5.74) is 3.22. The minimum atomic E-state index is -0.00632. The monoisotopic (exact) mass is 287 g/mol. The van der Waals surface area contributed by atoms with Crippen molar-refractivity contribution in [1.82, 2.24) is 5.32 Å². The number of benzene rings is 1. The molecule has 0 aromatic heterocycles. The van der Waals surface area contributed by atoms with E-state index in [2.05, 4.69) is 31.3 Å². The first-order valence-electron chi connectivity index (χ1n) is 6.93. The smallest absolute Gasteiger partial charge is 0.251 e. The maximum Gasteiger partial charge on any atom is 0.251 e. The molecule has 0 aliphatic carbocycles.